The molecule has 2 heterocycles. The fourth-order valence-electron chi connectivity index (χ4n) is 3.25. The first-order valence-electron chi connectivity index (χ1n) is 8.89. The Bertz CT molecular complexity index is 1310. The molecule has 0 aliphatic rings. The van der Waals surface area contributed by atoms with Gasteiger partial charge in [0.25, 0.3) is 11.9 Å². The molecule has 0 fully saturated rings. The van der Waals surface area contributed by atoms with Crippen molar-refractivity contribution in [3.8, 4) is 11.3 Å². The molecule has 0 spiro atoms. The van der Waals surface area contributed by atoms with Crippen LogP contribution in [0.15, 0.2) is 72.1 Å². The minimum Gasteiger partial charge on any atom is -0.289 e. The first kappa shape index (κ1) is 16.6. The summed E-state index contributed by atoms with van der Waals surface area (Å²) in [7, 11) is 0. The number of hydrogen-bond acceptors (Lipinski definition) is 4. The SMILES string of the molecule is Cc1ccc(-c2csc3nc(NC(=O)c4cccc5ccccc45)nn23)cc1. The van der Waals surface area contributed by atoms with Gasteiger partial charge in [-0.2, -0.15) is 4.98 Å². The number of nitrogens with one attached hydrogen (secondary N) is 1. The third-order valence-corrected chi connectivity index (χ3v) is 5.50. The topological polar surface area (TPSA) is 59.3 Å². The van der Waals surface area contributed by atoms with Gasteiger partial charge in [0.05, 0.1) is 5.69 Å². The number of benzene rings is 3. The van der Waals surface area contributed by atoms with Gasteiger partial charge in [-0.25, -0.2) is 4.52 Å². The number of rotatable bonds is 3. The van der Waals surface area contributed by atoms with Crippen molar-refractivity contribution in [3.05, 3.63) is 83.2 Å². The largest absolute Gasteiger partial charge is 0.289 e. The normalized spacial score (nSPS) is 11.2. The summed E-state index contributed by atoms with van der Waals surface area (Å²) >= 11 is 1.50. The highest BCUT2D eigenvalue weighted by atomic mass is 32.1. The summed E-state index contributed by atoms with van der Waals surface area (Å²) in [5.41, 5.74) is 3.83. The predicted octanol–water partition coefficient (Wildman–Crippen LogP) is 5.17. The van der Waals surface area contributed by atoms with E-state index in [0.29, 0.717) is 11.5 Å². The fourth-order valence-corrected chi connectivity index (χ4v) is 4.08. The zero-order chi connectivity index (χ0) is 19.1. The quantitative estimate of drug-likeness (QED) is 0.467. The van der Waals surface area contributed by atoms with Gasteiger partial charge in [0.15, 0.2) is 0 Å². The highest BCUT2D eigenvalue weighted by Crippen LogP contribution is 2.26. The number of carbonyl (C=O) groups excluding carboxylic acids is 1. The summed E-state index contributed by atoms with van der Waals surface area (Å²) in [5, 5.41) is 11.3. The molecule has 6 heteroatoms. The minimum absolute atomic E-state index is 0.216. The number of aryl methyl sites for hydroxylation is 1. The number of thiazole rings is 1. The zero-order valence-corrected chi connectivity index (χ0v) is 15.9. The summed E-state index contributed by atoms with van der Waals surface area (Å²) in [5.74, 6) is 0.0880. The Labute approximate surface area is 165 Å². The average Bonchev–Trinajstić information content (AvgIpc) is 3.28. The lowest BCUT2D eigenvalue weighted by molar-refractivity contribution is 0.102. The van der Waals surface area contributed by atoms with E-state index in [1.54, 1.807) is 4.52 Å². The number of carbonyl (C=O) groups is 1. The van der Waals surface area contributed by atoms with Crippen molar-refractivity contribution in [2.24, 2.45) is 0 Å². The molecule has 0 bridgehead atoms. The van der Waals surface area contributed by atoms with Crippen molar-refractivity contribution in [2.45, 2.75) is 6.92 Å². The first-order valence-corrected chi connectivity index (χ1v) is 9.77. The lowest BCUT2D eigenvalue weighted by Crippen LogP contribution is -2.13. The highest BCUT2D eigenvalue weighted by molar-refractivity contribution is 7.15. The minimum atomic E-state index is -0.216. The molecule has 1 N–H and O–H groups in total. The second-order valence-electron chi connectivity index (χ2n) is 6.60. The predicted molar refractivity (Wildman–Crippen MR) is 113 cm³/mol. The lowest BCUT2D eigenvalue weighted by Gasteiger charge is -2.05. The van der Waals surface area contributed by atoms with Gasteiger partial charge in [-0.15, -0.1) is 16.4 Å². The highest BCUT2D eigenvalue weighted by Gasteiger charge is 2.15. The molecule has 28 heavy (non-hydrogen) atoms. The van der Waals surface area contributed by atoms with Crippen LogP contribution in [0.25, 0.3) is 27.0 Å². The number of anilines is 1. The van der Waals surface area contributed by atoms with Crippen molar-refractivity contribution in [1.29, 1.82) is 0 Å². The Balaban J connectivity index is 1.48. The summed E-state index contributed by atoms with van der Waals surface area (Å²) < 4.78 is 1.77. The van der Waals surface area contributed by atoms with Crippen LogP contribution in [0, 0.1) is 6.92 Å². The molecule has 0 radical (unpaired) electrons. The molecule has 0 saturated heterocycles. The Morgan fingerprint density at radius 1 is 1.00 bits per heavy atom. The van der Waals surface area contributed by atoms with E-state index in [9.17, 15) is 4.79 Å². The molecule has 5 aromatic rings. The number of amides is 1. The van der Waals surface area contributed by atoms with Gasteiger partial charge in [-0.3, -0.25) is 10.1 Å². The van der Waals surface area contributed by atoms with E-state index in [1.807, 2.05) is 47.8 Å². The Hall–Kier alpha value is -3.51. The molecule has 0 saturated carbocycles. The third-order valence-electron chi connectivity index (χ3n) is 4.69. The van der Waals surface area contributed by atoms with Crippen LogP contribution in [0.5, 0.6) is 0 Å². The van der Waals surface area contributed by atoms with Crippen LogP contribution in [0.4, 0.5) is 5.95 Å². The smallest absolute Gasteiger partial charge is 0.258 e. The van der Waals surface area contributed by atoms with Crippen LogP contribution in [0.1, 0.15) is 15.9 Å². The molecule has 136 valence electrons. The van der Waals surface area contributed by atoms with E-state index >= 15 is 0 Å². The molecule has 2 aromatic heterocycles. The first-order chi connectivity index (χ1) is 13.7. The number of nitrogens with zero attached hydrogens (tertiary/aromatic N) is 3. The third kappa shape index (κ3) is 2.84. The standard InChI is InChI=1S/C22H16N4OS/c1-14-9-11-16(12-10-14)19-13-28-22-24-21(25-26(19)22)23-20(27)18-8-4-6-15-5-2-3-7-17(15)18/h2-13H,1H3,(H,23,25,27). The van der Waals surface area contributed by atoms with Gasteiger partial charge in [0.1, 0.15) is 0 Å². The summed E-state index contributed by atoms with van der Waals surface area (Å²) in [6.07, 6.45) is 0. The number of fused-ring (bicyclic) bond motifs is 2. The molecule has 5 rings (SSSR count). The second kappa shape index (κ2) is 6.58. The Morgan fingerprint density at radius 2 is 1.79 bits per heavy atom. The van der Waals surface area contributed by atoms with Gasteiger partial charge in [0, 0.05) is 16.5 Å². The zero-order valence-electron chi connectivity index (χ0n) is 15.1. The maximum absolute atomic E-state index is 12.8. The summed E-state index contributed by atoms with van der Waals surface area (Å²) in [4.78, 5) is 18.0. The van der Waals surface area contributed by atoms with Crippen LogP contribution in [0.2, 0.25) is 0 Å². The molecule has 5 nitrogen and oxygen atoms in total. The molecule has 1 amide bonds. The van der Waals surface area contributed by atoms with E-state index in [0.717, 1.165) is 27.0 Å². The van der Waals surface area contributed by atoms with Gasteiger partial charge in [0.2, 0.25) is 4.96 Å². The second-order valence-corrected chi connectivity index (χ2v) is 7.43. The Kier molecular flexibility index (Phi) is 3.91. The summed E-state index contributed by atoms with van der Waals surface area (Å²) in [6, 6.07) is 21.8. The summed E-state index contributed by atoms with van der Waals surface area (Å²) in [6.45, 7) is 2.06. The maximum Gasteiger partial charge on any atom is 0.258 e. The van der Waals surface area contributed by atoms with Crippen LogP contribution >= 0.6 is 11.3 Å². The monoisotopic (exact) mass is 384 g/mol. The van der Waals surface area contributed by atoms with Crippen LogP contribution in [-0.4, -0.2) is 20.5 Å². The van der Waals surface area contributed by atoms with Crippen molar-refractivity contribution in [2.75, 3.05) is 5.32 Å². The Morgan fingerprint density at radius 3 is 2.64 bits per heavy atom. The van der Waals surface area contributed by atoms with Gasteiger partial charge >= 0.3 is 0 Å². The van der Waals surface area contributed by atoms with E-state index in [4.69, 9.17) is 0 Å². The van der Waals surface area contributed by atoms with Gasteiger partial charge in [-0.05, 0) is 23.8 Å². The van der Waals surface area contributed by atoms with Crippen molar-refractivity contribution in [1.82, 2.24) is 14.6 Å². The van der Waals surface area contributed by atoms with Crippen molar-refractivity contribution in [3.63, 3.8) is 0 Å². The van der Waals surface area contributed by atoms with Crippen molar-refractivity contribution < 1.29 is 4.79 Å². The number of aromatic nitrogens is 3. The number of hydrogen-bond donors (Lipinski definition) is 1. The van der Waals surface area contributed by atoms with Gasteiger partial charge in [-0.1, -0.05) is 66.2 Å². The van der Waals surface area contributed by atoms with Crippen molar-refractivity contribution >= 4 is 38.9 Å². The van der Waals surface area contributed by atoms with E-state index in [-0.39, 0.29) is 5.91 Å². The molecular formula is C22H16N4OS. The van der Waals surface area contributed by atoms with Crippen LogP contribution in [0.3, 0.4) is 0 Å². The molecule has 0 aliphatic carbocycles. The van der Waals surface area contributed by atoms with Crippen LogP contribution in [-0.2, 0) is 0 Å². The average molecular weight is 384 g/mol. The molecule has 3 aromatic carbocycles. The molecule has 0 aliphatic heterocycles. The van der Waals surface area contributed by atoms with E-state index < -0.39 is 0 Å². The lowest BCUT2D eigenvalue weighted by atomic mass is 10.0. The molecule has 0 unspecified atom stereocenters. The maximum atomic E-state index is 12.8. The molecule has 0 atom stereocenters. The van der Waals surface area contributed by atoms with Crippen LogP contribution < -0.4 is 5.32 Å². The van der Waals surface area contributed by atoms with Gasteiger partial charge < -0.3 is 0 Å². The fraction of sp³-hybridized carbons (Fsp3) is 0.0455. The van der Waals surface area contributed by atoms with E-state index in [1.165, 1.54) is 16.9 Å². The molecular weight excluding hydrogens is 368 g/mol. The van der Waals surface area contributed by atoms with E-state index in [2.05, 4.69) is 46.6 Å².